The van der Waals surface area contributed by atoms with Gasteiger partial charge in [-0.3, -0.25) is 14.3 Å². The van der Waals surface area contributed by atoms with Crippen LogP contribution in [0.3, 0.4) is 0 Å². The molecule has 0 unspecified atom stereocenters. The number of aryl methyl sites for hydroxylation is 2. The standard InChI is InChI=1S/C19H22N4O2/c1-23-17(14-5-2-3-7-16(14)22-23)11-20-19(25)13-6-4-8-15-12(13)9-10-18(24)21-15/h4,6,8H,2-3,5,7,9-11H2,1H3,(H,20,25)(H,21,24). The summed E-state index contributed by atoms with van der Waals surface area (Å²) in [6, 6.07) is 5.48. The Morgan fingerprint density at radius 2 is 2.04 bits per heavy atom. The van der Waals surface area contributed by atoms with Crippen LogP contribution in [-0.2, 0) is 37.6 Å². The summed E-state index contributed by atoms with van der Waals surface area (Å²) in [4.78, 5) is 24.3. The Morgan fingerprint density at radius 1 is 1.20 bits per heavy atom. The third-order valence-electron chi connectivity index (χ3n) is 5.16. The van der Waals surface area contributed by atoms with Crippen LogP contribution in [0.25, 0.3) is 0 Å². The van der Waals surface area contributed by atoms with Gasteiger partial charge in [-0.2, -0.15) is 5.10 Å². The summed E-state index contributed by atoms with van der Waals surface area (Å²) >= 11 is 0. The molecular formula is C19H22N4O2. The molecule has 2 N–H and O–H groups in total. The molecule has 0 bridgehead atoms. The molecule has 1 aromatic carbocycles. The fourth-order valence-electron chi connectivity index (χ4n) is 3.86. The van der Waals surface area contributed by atoms with Crippen molar-refractivity contribution in [3.8, 4) is 0 Å². The lowest BCUT2D eigenvalue weighted by Gasteiger charge is -2.19. The van der Waals surface area contributed by atoms with Crippen LogP contribution < -0.4 is 10.6 Å². The molecule has 1 aliphatic heterocycles. The van der Waals surface area contributed by atoms with E-state index in [1.54, 1.807) is 0 Å². The van der Waals surface area contributed by atoms with E-state index in [9.17, 15) is 9.59 Å². The highest BCUT2D eigenvalue weighted by Crippen LogP contribution is 2.26. The third-order valence-corrected chi connectivity index (χ3v) is 5.16. The number of fused-ring (bicyclic) bond motifs is 2. The molecule has 2 aliphatic rings. The number of hydrogen-bond donors (Lipinski definition) is 2. The van der Waals surface area contributed by atoms with Gasteiger partial charge in [-0.1, -0.05) is 6.07 Å². The molecule has 130 valence electrons. The zero-order valence-corrected chi connectivity index (χ0v) is 14.4. The first kappa shape index (κ1) is 15.9. The second kappa shape index (κ2) is 6.35. The van der Waals surface area contributed by atoms with Crippen molar-refractivity contribution < 1.29 is 9.59 Å². The number of anilines is 1. The highest BCUT2D eigenvalue weighted by Gasteiger charge is 2.22. The van der Waals surface area contributed by atoms with Crippen molar-refractivity contribution in [1.29, 1.82) is 0 Å². The Labute approximate surface area is 146 Å². The third kappa shape index (κ3) is 2.92. The van der Waals surface area contributed by atoms with Crippen molar-refractivity contribution in [2.45, 2.75) is 45.1 Å². The van der Waals surface area contributed by atoms with E-state index in [4.69, 9.17) is 0 Å². The minimum atomic E-state index is -0.0984. The van der Waals surface area contributed by atoms with Crippen LogP contribution in [-0.4, -0.2) is 21.6 Å². The summed E-state index contributed by atoms with van der Waals surface area (Å²) in [5.74, 6) is -0.0923. The predicted octanol–water partition coefficient (Wildman–Crippen LogP) is 2.11. The normalized spacial score (nSPS) is 16.0. The van der Waals surface area contributed by atoms with Crippen LogP contribution in [0.5, 0.6) is 0 Å². The number of amides is 2. The summed E-state index contributed by atoms with van der Waals surface area (Å²) in [7, 11) is 1.94. The van der Waals surface area contributed by atoms with Gasteiger partial charge >= 0.3 is 0 Å². The molecule has 4 rings (SSSR count). The number of carbonyl (C=O) groups is 2. The largest absolute Gasteiger partial charge is 0.346 e. The lowest BCUT2D eigenvalue weighted by atomic mass is 9.95. The van der Waals surface area contributed by atoms with Gasteiger partial charge in [0.15, 0.2) is 0 Å². The Hall–Kier alpha value is -2.63. The molecule has 2 heterocycles. The first-order valence-electron chi connectivity index (χ1n) is 8.87. The molecule has 0 saturated heterocycles. The Morgan fingerprint density at radius 3 is 2.92 bits per heavy atom. The van der Waals surface area contributed by atoms with E-state index < -0.39 is 0 Å². The fourth-order valence-corrected chi connectivity index (χ4v) is 3.86. The highest BCUT2D eigenvalue weighted by molar-refractivity contribution is 6.01. The average molecular weight is 338 g/mol. The van der Waals surface area contributed by atoms with E-state index in [1.165, 1.54) is 24.1 Å². The molecule has 0 atom stereocenters. The van der Waals surface area contributed by atoms with Crippen molar-refractivity contribution in [2.75, 3.05) is 5.32 Å². The summed E-state index contributed by atoms with van der Waals surface area (Å²) in [5, 5.41) is 10.5. The second-order valence-corrected chi connectivity index (χ2v) is 6.77. The van der Waals surface area contributed by atoms with Gasteiger partial charge in [-0.25, -0.2) is 0 Å². The Bertz CT molecular complexity index is 853. The number of rotatable bonds is 3. The van der Waals surface area contributed by atoms with E-state index in [2.05, 4.69) is 15.7 Å². The number of aromatic nitrogens is 2. The number of carbonyl (C=O) groups excluding carboxylic acids is 2. The van der Waals surface area contributed by atoms with Gasteiger partial charge in [0.05, 0.1) is 17.9 Å². The van der Waals surface area contributed by atoms with E-state index in [0.29, 0.717) is 24.9 Å². The van der Waals surface area contributed by atoms with Crippen molar-refractivity contribution >= 4 is 17.5 Å². The molecule has 2 amide bonds. The van der Waals surface area contributed by atoms with Gasteiger partial charge in [0.1, 0.15) is 0 Å². The molecule has 1 aliphatic carbocycles. The summed E-state index contributed by atoms with van der Waals surface area (Å²) in [6.45, 7) is 0.480. The molecule has 1 aromatic heterocycles. The maximum absolute atomic E-state index is 12.7. The molecule has 0 saturated carbocycles. The van der Waals surface area contributed by atoms with Crippen molar-refractivity contribution in [3.63, 3.8) is 0 Å². The molecule has 0 fully saturated rings. The van der Waals surface area contributed by atoms with Crippen LogP contribution in [0.2, 0.25) is 0 Å². The molecule has 6 heteroatoms. The molecule has 2 aromatic rings. The van der Waals surface area contributed by atoms with Crippen LogP contribution in [0, 0.1) is 0 Å². The van der Waals surface area contributed by atoms with E-state index in [1.807, 2.05) is 29.9 Å². The van der Waals surface area contributed by atoms with Gasteiger partial charge < -0.3 is 10.6 Å². The quantitative estimate of drug-likeness (QED) is 0.900. The maximum atomic E-state index is 12.7. The Balaban J connectivity index is 1.53. The van der Waals surface area contributed by atoms with E-state index in [0.717, 1.165) is 29.8 Å². The smallest absolute Gasteiger partial charge is 0.251 e. The number of nitrogens with one attached hydrogen (secondary N) is 2. The molecule has 0 radical (unpaired) electrons. The molecular weight excluding hydrogens is 316 g/mol. The van der Waals surface area contributed by atoms with Crippen LogP contribution in [0.1, 0.15) is 52.1 Å². The van der Waals surface area contributed by atoms with Crippen molar-refractivity contribution in [3.05, 3.63) is 46.3 Å². The summed E-state index contributed by atoms with van der Waals surface area (Å²) < 4.78 is 1.90. The van der Waals surface area contributed by atoms with Crippen molar-refractivity contribution in [1.82, 2.24) is 15.1 Å². The zero-order valence-electron chi connectivity index (χ0n) is 14.4. The highest BCUT2D eigenvalue weighted by atomic mass is 16.2. The van der Waals surface area contributed by atoms with Crippen molar-refractivity contribution in [2.24, 2.45) is 7.05 Å². The number of benzene rings is 1. The first-order chi connectivity index (χ1) is 12.1. The lowest BCUT2D eigenvalue weighted by Crippen LogP contribution is -2.28. The van der Waals surface area contributed by atoms with E-state index >= 15 is 0 Å². The van der Waals surface area contributed by atoms with Gasteiger partial charge in [-0.05, 0) is 55.4 Å². The first-order valence-corrected chi connectivity index (χ1v) is 8.87. The lowest BCUT2D eigenvalue weighted by molar-refractivity contribution is -0.116. The summed E-state index contributed by atoms with van der Waals surface area (Å²) in [5.41, 5.74) is 5.90. The Kier molecular flexibility index (Phi) is 4.03. The minimum absolute atomic E-state index is 0.00608. The zero-order chi connectivity index (χ0) is 17.4. The molecule has 25 heavy (non-hydrogen) atoms. The van der Waals surface area contributed by atoms with Gasteiger partial charge in [0.25, 0.3) is 5.91 Å². The number of hydrogen-bond acceptors (Lipinski definition) is 3. The van der Waals surface area contributed by atoms with Gasteiger partial charge in [0, 0.05) is 24.7 Å². The van der Waals surface area contributed by atoms with E-state index in [-0.39, 0.29) is 11.8 Å². The summed E-state index contributed by atoms with van der Waals surface area (Å²) in [6.07, 6.45) is 5.48. The molecule has 6 nitrogen and oxygen atoms in total. The van der Waals surface area contributed by atoms with Gasteiger partial charge in [-0.15, -0.1) is 0 Å². The SMILES string of the molecule is Cn1nc2c(c1CNC(=O)c1cccc3c1CCC(=O)N3)CCCC2. The van der Waals surface area contributed by atoms with Crippen LogP contribution >= 0.6 is 0 Å². The average Bonchev–Trinajstić information content (AvgIpc) is 2.94. The van der Waals surface area contributed by atoms with Gasteiger partial charge in [0.2, 0.25) is 5.91 Å². The number of nitrogens with zero attached hydrogens (tertiary/aromatic N) is 2. The minimum Gasteiger partial charge on any atom is -0.346 e. The molecule has 0 spiro atoms. The van der Waals surface area contributed by atoms with Crippen LogP contribution in [0.15, 0.2) is 18.2 Å². The monoisotopic (exact) mass is 338 g/mol. The second-order valence-electron chi connectivity index (χ2n) is 6.77. The topological polar surface area (TPSA) is 76.0 Å². The predicted molar refractivity (Wildman–Crippen MR) is 94.4 cm³/mol. The maximum Gasteiger partial charge on any atom is 0.251 e. The fraction of sp³-hybridized carbons (Fsp3) is 0.421. The van der Waals surface area contributed by atoms with Crippen LogP contribution in [0.4, 0.5) is 5.69 Å².